The summed E-state index contributed by atoms with van der Waals surface area (Å²) in [5.74, 6) is 0. The Hall–Kier alpha value is -0.0900. The SMILES string of the molecule is CC(NCC(C)(C)N(C)C)c1ccc(Br)cc1Cl. The molecule has 2 nitrogen and oxygen atoms in total. The summed E-state index contributed by atoms with van der Waals surface area (Å²) in [6.07, 6.45) is 0. The first-order valence-electron chi connectivity index (χ1n) is 6.10. The minimum absolute atomic E-state index is 0.121. The van der Waals surface area contributed by atoms with E-state index in [2.05, 4.69) is 67.1 Å². The van der Waals surface area contributed by atoms with Gasteiger partial charge in [0.05, 0.1) is 0 Å². The van der Waals surface area contributed by atoms with Crippen LogP contribution in [-0.4, -0.2) is 31.1 Å². The van der Waals surface area contributed by atoms with Crippen LogP contribution in [0.1, 0.15) is 32.4 Å². The van der Waals surface area contributed by atoms with Gasteiger partial charge >= 0.3 is 0 Å². The molecule has 0 aliphatic rings. The highest BCUT2D eigenvalue weighted by atomic mass is 79.9. The average Bonchev–Trinajstić information content (AvgIpc) is 2.25. The molecule has 4 heteroatoms. The molecule has 0 fully saturated rings. The molecule has 1 aromatic carbocycles. The first-order valence-corrected chi connectivity index (χ1v) is 7.27. The molecule has 0 heterocycles. The van der Waals surface area contributed by atoms with E-state index in [9.17, 15) is 0 Å². The molecule has 0 aromatic heterocycles. The van der Waals surface area contributed by atoms with Crippen molar-refractivity contribution in [1.29, 1.82) is 0 Å². The van der Waals surface area contributed by atoms with Crippen LogP contribution in [0.3, 0.4) is 0 Å². The zero-order chi connectivity index (χ0) is 13.9. The first kappa shape index (κ1) is 16.0. The molecule has 0 aliphatic carbocycles. The zero-order valence-electron chi connectivity index (χ0n) is 11.7. The van der Waals surface area contributed by atoms with Crippen LogP contribution in [0.5, 0.6) is 0 Å². The van der Waals surface area contributed by atoms with Gasteiger partial charge in [-0.1, -0.05) is 33.6 Å². The van der Waals surface area contributed by atoms with Crippen LogP contribution < -0.4 is 5.32 Å². The molecule has 1 N–H and O–H groups in total. The zero-order valence-corrected chi connectivity index (χ0v) is 14.1. The third kappa shape index (κ3) is 4.23. The molecule has 102 valence electrons. The lowest BCUT2D eigenvalue weighted by atomic mass is 10.0. The predicted octanol–water partition coefficient (Wildman–Crippen LogP) is 4.09. The van der Waals surface area contributed by atoms with Gasteiger partial charge in [-0.15, -0.1) is 0 Å². The van der Waals surface area contributed by atoms with Crippen molar-refractivity contribution in [3.8, 4) is 0 Å². The van der Waals surface area contributed by atoms with E-state index in [4.69, 9.17) is 11.6 Å². The molecular formula is C14H22BrClN2. The normalized spacial score (nSPS) is 14.0. The molecule has 18 heavy (non-hydrogen) atoms. The highest BCUT2D eigenvalue weighted by Gasteiger charge is 2.21. The number of benzene rings is 1. The third-order valence-electron chi connectivity index (χ3n) is 3.48. The van der Waals surface area contributed by atoms with E-state index in [-0.39, 0.29) is 11.6 Å². The molecule has 1 aromatic rings. The number of nitrogens with zero attached hydrogens (tertiary/aromatic N) is 1. The number of rotatable bonds is 5. The molecule has 0 radical (unpaired) electrons. The number of halogens is 2. The van der Waals surface area contributed by atoms with Crippen LogP contribution in [0.15, 0.2) is 22.7 Å². The Bertz CT molecular complexity index is 405. The fourth-order valence-electron chi connectivity index (χ4n) is 1.52. The maximum absolute atomic E-state index is 6.26. The summed E-state index contributed by atoms with van der Waals surface area (Å²) in [5, 5.41) is 4.34. The molecule has 1 rings (SSSR count). The molecule has 0 bridgehead atoms. The monoisotopic (exact) mass is 332 g/mol. The van der Waals surface area contributed by atoms with Gasteiger partial charge in [-0.25, -0.2) is 0 Å². The summed E-state index contributed by atoms with van der Waals surface area (Å²) >= 11 is 9.68. The lowest BCUT2D eigenvalue weighted by Crippen LogP contribution is -2.47. The molecule has 1 atom stereocenters. The van der Waals surface area contributed by atoms with E-state index in [0.29, 0.717) is 0 Å². The Morgan fingerprint density at radius 3 is 2.50 bits per heavy atom. The van der Waals surface area contributed by atoms with Crippen molar-refractivity contribution in [2.45, 2.75) is 32.4 Å². The molecule has 0 aliphatic heterocycles. The number of hydrogen-bond acceptors (Lipinski definition) is 2. The van der Waals surface area contributed by atoms with Gasteiger partial charge in [-0.3, -0.25) is 0 Å². The van der Waals surface area contributed by atoms with Crippen molar-refractivity contribution in [3.63, 3.8) is 0 Å². The minimum atomic E-state index is 0.121. The van der Waals surface area contributed by atoms with Gasteiger partial charge in [0, 0.05) is 27.6 Å². The van der Waals surface area contributed by atoms with Crippen molar-refractivity contribution in [2.75, 3.05) is 20.6 Å². The Labute approximate surface area is 124 Å². The van der Waals surface area contributed by atoms with Gasteiger partial charge in [0.2, 0.25) is 0 Å². The molecule has 0 spiro atoms. The van der Waals surface area contributed by atoms with Crippen LogP contribution in [0.2, 0.25) is 5.02 Å². The highest BCUT2D eigenvalue weighted by molar-refractivity contribution is 9.10. The second-order valence-corrected chi connectivity index (χ2v) is 6.80. The summed E-state index contributed by atoms with van der Waals surface area (Å²) in [5.41, 5.74) is 1.25. The predicted molar refractivity (Wildman–Crippen MR) is 83.3 cm³/mol. The van der Waals surface area contributed by atoms with E-state index in [0.717, 1.165) is 21.6 Å². The molecule has 0 saturated heterocycles. The first-order chi connectivity index (χ1) is 8.24. The average molecular weight is 334 g/mol. The number of hydrogen-bond donors (Lipinski definition) is 1. The van der Waals surface area contributed by atoms with Gasteiger partial charge in [0.15, 0.2) is 0 Å². The maximum atomic E-state index is 6.26. The van der Waals surface area contributed by atoms with E-state index in [1.165, 1.54) is 0 Å². The van der Waals surface area contributed by atoms with Crippen molar-refractivity contribution in [3.05, 3.63) is 33.3 Å². The fraction of sp³-hybridized carbons (Fsp3) is 0.571. The number of nitrogens with one attached hydrogen (secondary N) is 1. The summed E-state index contributed by atoms with van der Waals surface area (Å²) in [6.45, 7) is 7.49. The van der Waals surface area contributed by atoms with Crippen LogP contribution >= 0.6 is 27.5 Å². The van der Waals surface area contributed by atoms with Crippen LogP contribution in [0.25, 0.3) is 0 Å². The second kappa shape index (κ2) is 6.38. The second-order valence-electron chi connectivity index (χ2n) is 5.48. The van der Waals surface area contributed by atoms with Gasteiger partial charge in [0.1, 0.15) is 0 Å². The summed E-state index contributed by atoms with van der Waals surface area (Å²) in [4.78, 5) is 2.22. The molecule has 0 saturated carbocycles. The summed E-state index contributed by atoms with van der Waals surface area (Å²) < 4.78 is 1.01. The highest BCUT2D eigenvalue weighted by Crippen LogP contribution is 2.26. The Morgan fingerprint density at radius 1 is 1.39 bits per heavy atom. The Balaban J connectivity index is 2.69. The standard InChI is InChI=1S/C14H22BrClN2/c1-10(17-9-14(2,3)18(4)5)12-7-6-11(15)8-13(12)16/h6-8,10,17H,9H2,1-5H3. The van der Waals surface area contributed by atoms with Gasteiger partial charge in [-0.2, -0.15) is 0 Å². The van der Waals surface area contributed by atoms with Crippen LogP contribution in [-0.2, 0) is 0 Å². The number of likely N-dealkylation sites (N-methyl/N-ethyl adjacent to an activating group) is 1. The lowest BCUT2D eigenvalue weighted by molar-refractivity contribution is 0.185. The molecule has 0 amide bonds. The van der Waals surface area contributed by atoms with Gasteiger partial charge in [0.25, 0.3) is 0 Å². The minimum Gasteiger partial charge on any atom is -0.308 e. The van der Waals surface area contributed by atoms with E-state index in [1.807, 2.05) is 12.1 Å². The van der Waals surface area contributed by atoms with Gasteiger partial charge < -0.3 is 10.2 Å². The molecular weight excluding hydrogens is 312 g/mol. The maximum Gasteiger partial charge on any atom is 0.0464 e. The van der Waals surface area contributed by atoms with E-state index < -0.39 is 0 Å². The summed E-state index contributed by atoms with van der Waals surface area (Å²) in [7, 11) is 4.19. The topological polar surface area (TPSA) is 15.3 Å². The quantitative estimate of drug-likeness (QED) is 0.873. The molecule has 1 unspecified atom stereocenters. The smallest absolute Gasteiger partial charge is 0.0464 e. The largest absolute Gasteiger partial charge is 0.308 e. The Morgan fingerprint density at radius 2 is 2.00 bits per heavy atom. The van der Waals surface area contributed by atoms with E-state index in [1.54, 1.807) is 0 Å². The van der Waals surface area contributed by atoms with Crippen LogP contribution in [0, 0.1) is 0 Å². The van der Waals surface area contributed by atoms with Gasteiger partial charge in [-0.05, 0) is 52.6 Å². The van der Waals surface area contributed by atoms with E-state index >= 15 is 0 Å². The third-order valence-corrected chi connectivity index (χ3v) is 4.30. The van der Waals surface area contributed by atoms with Crippen molar-refractivity contribution in [2.24, 2.45) is 0 Å². The van der Waals surface area contributed by atoms with Crippen molar-refractivity contribution < 1.29 is 0 Å². The van der Waals surface area contributed by atoms with Crippen molar-refractivity contribution in [1.82, 2.24) is 10.2 Å². The Kier molecular flexibility index (Phi) is 5.66. The van der Waals surface area contributed by atoms with Crippen LogP contribution in [0.4, 0.5) is 0 Å². The fourth-order valence-corrected chi connectivity index (χ4v) is 2.36. The lowest BCUT2D eigenvalue weighted by Gasteiger charge is -2.34. The summed E-state index contributed by atoms with van der Waals surface area (Å²) in [6, 6.07) is 6.26. The van der Waals surface area contributed by atoms with Crippen molar-refractivity contribution >= 4 is 27.5 Å².